The van der Waals surface area contributed by atoms with Crippen LogP contribution in [-0.4, -0.2) is 63.8 Å². The Hall–Kier alpha value is -1.79. The Morgan fingerprint density at radius 1 is 1.14 bits per heavy atom. The summed E-state index contributed by atoms with van der Waals surface area (Å²) in [5, 5.41) is 28.0. The lowest BCUT2D eigenvalue weighted by Gasteiger charge is -2.28. The SMILES string of the molecule is CC(c1cc(O)cc(O)c1)N1CCCN(CC(=O)O)CC1. The quantitative estimate of drug-likeness (QED) is 0.775. The monoisotopic (exact) mass is 294 g/mol. The number of phenolic OH excluding ortho intramolecular Hbond substituents is 2. The number of phenols is 2. The Balaban J connectivity index is 2.02. The highest BCUT2D eigenvalue weighted by Crippen LogP contribution is 2.28. The number of hydrogen-bond acceptors (Lipinski definition) is 5. The van der Waals surface area contributed by atoms with Gasteiger partial charge in [0.15, 0.2) is 0 Å². The third kappa shape index (κ3) is 4.34. The van der Waals surface area contributed by atoms with Crippen LogP contribution < -0.4 is 0 Å². The van der Waals surface area contributed by atoms with Gasteiger partial charge in [-0.25, -0.2) is 0 Å². The number of carboxylic acid groups (broad SMARTS) is 1. The molecule has 1 aromatic carbocycles. The van der Waals surface area contributed by atoms with Gasteiger partial charge in [0.2, 0.25) is 0 Å². The van der Waals surface area contributed by atoms with Gasteiger partial charge in [0.25, 0.3) is 0 Å². The van der Waals surface area contributed by atoms with E-state index in [0.29, 0.717) is 6.54 Å². The van der Waals surface area contributed by atoms with Gasteiger partial charge in [0.1, 0.15) is 11.5 Å². The zero-order valence-corrected chi connectivity index (χ0v) is 12.2. The van der Waals surface area contributed by atoms with E-state index in [-0.39, 0.29) is 24.1 Å². The summed E-state index contributed by atoms with van der Waals surface area (Å²) < 4.78 is 0. The van der Waals surface area contributed by atoms with Crippen LogP contribution in [-0.2, 0) is 4.79 Å². The van der Waals surface area contributed by atoms with Gasteiger partial charge in [0, 0.05) is 38.3 Å². The average molecular weight is 294 g/mol. The molecule has 0 radical (unpaired) electrons. The molecule has 1 aliphatic rings. The first kappa shape index (κ1) is 15.6. The first-order valence-electron chi connectivity index (χ1n) is 7.17. The lowest BCUT2D eigenvalue weighted by atomic mass is 10.1. The van der Waals surface area contributed by atoms with Gasteiger partial charge < -0.3 is 15.3 Å². The van der Waals surface area contributed by atoms with Crippen molar-refractivity contribution in [2.75, 3.05) is 32.7 Å². The topological polar surface area (TPSA) is 84.2 Å². The predicted octanol–water partition coefficient (Wildman–Crippen LogP) is 1.25. The van der Waals surface area contributed by atoms with Crippen LogP contribution in [0.2, 0.25) is 0 Å². The summed E-state index contributed by atoms with van der Waals surface area (Å²) in [7, 11) is 0. The van der Waals surface area contributed by atoms with Crippen molar-refractivity contribution in [1.82, 2.24) is 9.80 Å². The van der Waals surface area contributed by atoms with Crippen molar-refractivity contribution >= 4 is 5.97 Å². The van der Waals surface area contributed by atoms with Crippen LogP contribution in [0.25, 0.3) is 0 Å². The molecule has 0 aliphatic carbocycles. The molecule has 116 valence electrons. The van der Waals surface area contributed by atoms with Crippen LogP contribution in [0.15, 0.2) is 18.2 Å². The molecule has 3 N–H and O–H groups in total. The van der Waals surface area contributed by atoms with E-state index < -0.39 is 5.97 Å². The number of aliphatic carboxylic acids is 1. The van der Waals surface area contributed by atoms with Crippen LogP contribution >= 0.6 is 0 Å². The van der Waals surface area contributed by atoms with Crippen molar-refractivity contribution in [1.29, 1.82) is 0 Å². The summed E-state index contributed by atoms with van der Waals surface area (Å²) >= 11 is 0. The Morgan fingerprint density at radius 2 is 1.81 bits per heavy atom. The van der Waals surface area contributed by atoms with Crippen LogP contribution in [0.4, 0.5) is 0 Å². The maximum Gasteiger partial charge on any atom is 0.317 e. The molecule has 0 spiro atoms. The first-order valence-corrected chi connectivity index (χ1v) is 7.17. The molecule has 0 aromatic heterocycles. The zero-order valence-electron chi connectivity index (χ0n) is 12.2. The van der Waals surface area contributed by atoms with E-state index in [4.69, 9.17) is 5.11 Å². The van der Waals surface area contributed by atoms with Gasteiger partial charge in [0.05, 0.1) is 6.54 Å². The number of nitrogens with zero attached hydrogens (tertiary/aromatic N) is 2. The normalized spacial score (nSPS) is 19.1. The molecule has 0 saturated carbocycles. The first-order chi connectivity index (χ1) is 9.95. The molecule has 0 bridgehead atoms. The Labute approximate surface area is 124 Å². The van der Waals surface area contributed by atoms with Gasteiger partial charge in [-0.2, -0.15) is 0 Å². The van der Waals surface area contributed by atoms with E-state index in [0.717, 1.165) is 31.6 Å². The second-order valence-corrected chi connectivity index (χ2v) is 5.52. The van der Waals surface area contributed by atoms with Gasteiger partial charge in [-0.15, -0.1) is 0 Å². The number of carboxylic acids is 1. The molecule has 1 atom stereocenters. The summed E-state index contributed by atoms with van der Waals surface area (Å²) in [5.41, 5.74) is 0.860. The summed E-state index contributed by atoms with van der Waals surface area (Å²) in [5.74, 6) is -0.687. The van der Waals surface area contributed by atoms with E-state index in [1.807, 2.05) is 11.8 Å². The number of hydrogen-bond donors (Lipinski definition) is 3. The van der Waals surface area contributed by atoms with E-state index in [1.165, 1.54) is 6.07 Å². The highest BCUT2D eigenvalue weighted by molar-refractivity contribution is 5.69. The van der Waals surface area contributed by atoms with Gasteiger partial charge in [-0.1, -0.05) is 0 Å². The van der Waals surface area contributed by atoms with Crippen molar-refractivity contribution in [3.05, 3.63) is 23.8 Å². The fraction of sp³-hybridized carbons (Fsp3) is 0.533. The average Bonchev–Trinajstić information content (AvgIpc) is 2.61. The van der Waals surface area contributed by atoms with Crippen molar-refractivity contribution < 1.29 is 20.1 Å². The third-order valence-electron chi connectivity index (χ3n) is 3.94. The molecular formula is C15H22N2O4. The lowest BCUT2D eigenvalue weighted by molar-refractivity contribution is -0.138. The summed E-state index contributed by atoms with van der Waals surface area (Å²) in [6.07, 6.45) is 0.905. The van der Waals surface area contributed by atoms with Crippen LogP contribution in [0.1, 0.15) is 24.9 Å². The standard InChI is InChI=1S/C15H22N2O4/c1-11(12-7-13(18)9-14(19)8-12)17-4-2-3-16(5-6-17)10-15(20)21/h7-9,11,18-19H,2-6,10H2,1H3,(H,20,21). The van der Waals surface area contributed by atoms with Crippen LogP contribution in [0.5, 0.6) is 11.5 Å². The molecule has 6 heteroatoms. The molecule has 1 unspecified atom stereocenters. The Morgan fingerprint density at radius 3 is 2.43 bits per heavy atom. The molecule has 1 heterocycles. The summed E-state index contributed by atoms with van der Waals surface area (Å²) in [6, 6.07) is 4.69. The zero-order chi connectivity index (χ0) is 15.4. The number of rotatable bonds is 4. The van der Waals surface area contributed by atoms with E-state index >= 15 is 0 Å². The molecular weight excluding hydrogens is 272 g/mol. The molecule has 2 rings (SSSR count). The predicted molar refractivity (Wildman–Crippen MR) is 78.5 cm³/mol. The minimum absolute atomic E-state index is 0.0548. The van der Waals surface area contributed by atoms with E-state index in [1.54, 1.807) is 12.1 Å². The van der Waals surface area contributed by atoms with Crippen LogP contribution in [0, 0.1) is 0 Å². The number of aromatic hydroxyl groups is 2. The fourth-order valence-corrected chi connectivity index (χ4v) is 2.80. The van der Waals surface area contributed by atoms with Gasteiger partial charge in [-0.05, 0) is 31.0 Å². The Kier molecular flexibility index (Phi) is 5.03. The largest absolute Gasteiger partial charge is 0.508 e. The van der Waals surface area contributed by atoms with E-state index in [9.17, 15) is 15.0 Å². The highest BCUT2D eigenvalue weighted by atomic mass is 16.4. The highest BCUT2D eigenvalue weighted by Gasteiger charge is 2.21. The van der Waals surface area contributed by atoms with Crippen LogP contribution in [0.3, 0.4) is 0 Å². The van der Waals surface area contributed by atoms with Gasteiger partial charge in [-0.3, -0.25) is 14.6 Å². The summed E-state index contributed by atoms with van der Waals surface area (Å²) in [6.45, 7) is 5.23. The minimum Gasteiger partial charge on any atom is -0.508 e. The Bertz CT molecular complexity index is 486. The molecule has 6 nitrogen and oxygen atoms in total. The van der Waals surface area contributed by atoms with Gasteiger partial charge >= 0.3 is 5.97 Å². The maximum atomic E-state index is 10.8. The molecule has 1 aliphatic heterocycles. The molecule has 1 fully saturated rings. The molecule has 21 heavy (non-hydrogen) atoms. The fourth-order valence-electron chi connectivity index (χ4n) is 2.80. The van der Waals surface area contributed by atoms with Crippen molar-refractivity contribution in [3.8, 4) is 11.5 Å². The number of benzene rings is 1. The maximum absolute atomic E-state index is 10.8. The lowest BCUT2D eigenvalue weighted by Crippen LogP contribution is -2.35. The second-order valence-electron chi connectivity index (χ2n) is 5.52. The molecule has 0 amide bonds. The van der Waals surface area contributed by atoms with E-state index in [2.05, 4.69) is 4.90 Å². The molecule has 1 aromatic rings. The smallest absolute Gasteiger partial charge is 0.317 e. The summed E-state index contributed by atoms with van der Waals surface area (Å²) in [4.78, 5) is 15.0. The van der Waals surface area contributed by atoms with Crippen molar-refractivity contribution in [3.63, 3.8) is 0 Å². The third-order valence-corrected chi connectivity index (χ3v) is 3.94. The van der Waals surface area contributed by atoms with Crippen molar-refractivity contribution in [2.45, 2.75) is 19.4 Å². The molecule has 1 saturated heterocycles. The number of carbonyl (C=O) groups is 1. The van der Waals surface area contributed by atoms with Crippen molar-refractivity contribution in [2.24, 2.45) is 0 Å². The second kappa shape index (κ2) is 6.78. The minimum atomic E-state index is -0.797.